The molecule has 2 aromatic rings. The van der Waals surface area contributed by atoms with Gasteiger partial charge in [-0.25, -0.2) is 4.68 Å². The minimum Gasteiger partial charge on any atom is -0.399 e. The van der Waals surface area contributed by atoms with Crippen molar-refractivity contribution in [2.24, 2.45) is 0 Å². The number of carbonyl (C=O) groups is 1. The fourth-order valence-electron chi connectivity index (χ4n) is 2.89. The lowest BCUT2D eigenvalue weighted by atomic mass is 9.75. The van der Waals surface area contributed by atoms with Crippen molar-refractivity contribution in [1.82, 2.24) is 9.78 Å². The highest BCUT2D eigenvalue weighted by molar-refractivity contribution is 6.62. The quantitative estimate of drug-likeness (QED) is 0.857. The number of aryl methyl sites for hydroxylation is 2. The van der Waals surface area contributed by atoms with Crippen LogP contribution in [0.1, 0.15) is 50.5 Å². The summed E-state index contributed by atoms with van der Waals surface area (Å²) >= 11 is 0. The lowest BCUT2D eigenvalue weighted by Crippen LogP contribution is -2.41. The van der Waals surface area contributed by atoms with Crippen LogP contribution < -0.4 is 10.8 Å². The van der Waals surface area contributed by atoms with Crippen LogP contribution in [0.3, 0.4) is 0 Å². The third-order valence-corrected chi connectivity index (χ3v) is 5.31. The van der Waals surface area contributed by atoms with Gasteiger partial charge in [-0.1, -0.05) is 11.6 Å². The predicted molar refractivity (Wildman–Crippen MR) is 103 cm³/mol. The molecule has 1 N–H and O–H groups in total. The summed E-state index contributed by atoms with van der Waals surface area (Å²) in [5, 5.41) is 7.08. The van der Waals surface area contributed by atoms with Gasteiger partial charge in [-0.2, -0.15) is 5.10 Å². The van der Waals surface area contributed by atoms with Crippen LogP contribution in [0.4, 0.5) is 5.82 Å². The minimum absolute atomic E-state index is 0.182. The Kier molecular flexibility index (Phi) is 4.71. The second-order valence-corrected chi connectivity index (χ2v) is 7.65. The fraction of sp³-hybridized carbons (Fsp3) is 0.474. The van der Waals surface area contributed by atoms with Crippen LogP contribution in [-0.2, 0) is 15.9 Å². The van der Waals surface area contributed by atoms with E-state index in [1.165, 1.54) is 0 Å². The first kappa shape index (κ1) is 18.7. The molecule has 0 unspecified atom stereocenters. The van der Waals surface area contributed by atoms with Crippen molar-refractivity contribution in [3.05, 3.63) is 41.6 Å². The average Bonchev–Trinajstić information content (AvgIpc) is 3.09. The number of benzene rings is 1. The van der Waals surface area contributed by atoms with E-state index < -0.39 is 18.3 Å². The number of rotatable bonds is 4. The Morgan fingerprint density at radius 1 is 1.19 bits per heavy atom. The minimum atomic E-state index is -0.492. The number of nitrogens with zero attached hydrogens (tertiary/aromatic N) is 2. The van der Waals surface area contributed by atoms with Gasteiger partial charge in [0.05, 0.1) is 17.4 Å². The smallest absolute Gasteiger partial charge is 0.399 e. The number of amides is 1. The molecule has 0 radical (unpaired) electrons. The van der Waals surface area contributed by atoms with Gasteiger partial charge >= 0.3 is 7.12 Å². The van der Waals surface area contributed by atoms with Crippen molar-refractivity contribution in [3.8, 4) is 0 Å². The van der Waals surface area contributed by atoms with Gasteiger partial charge in [0.15, 0.2) is 0 Å². The third-order valence-electron chi connectivity index (χ3n) is 5.31. The van der Waals surface area contributed by atoms with Crippen LogP contribution in [0.5, 0.6) is 0 Å². The molecule has 1 aromatic carbocycles. The van der Waals surface area contributed by atoms with E-state index in [0.717, 1.165) is 11.0 Å². The standard InChI is InChI=1S/C19H26BN3O3/c1-7-23-16(10-11-21-23)22-17(24)14-9-8-13(2)15(12-14)20-25-18(3,4)19(5,6)26-20/h8-12H,7H2,1-6H3,(H,22,24). The Labute approximate surface area is 155 Å². The second kappa shape index (κ2) is 6.56. The van der Waals surface area contributed by atoms with Crippen LogP contribution in [-0.4, -0.2) is 34.0 Å². The molecule has 0 spiro atoms. The van der Waals surface area contributed by atoms with Gasteiger partial charge in [-0.05, 0) is 59.1 Å². The van der Waals surface area contributed by atoms with E-state index in [4.69, 9.17) is 9.31 Å². The largest absolute Gasteiger partial charge is 0.495 e. The Hall–Kier alpha value is -2.12. The van der Waals surface area contributed by atoms with Crippen molar-refractivity contribution < 1.29 is 14.1 Å². The number of nitrogens with one attached hydrogen (secondary N) is 1. The van der Waals surface area contributed by atoms with Crippen molar-refractivity contribution >= 4 is 24.3 Å². The Morgan fingerprint density at radius 2 is 1.85 bits per heavy atom. The van der Waals surface area contributed by atoms with E-state index in [9.17, 15) is 4.79 Å². The highest BCUT2D eigenvalue weighted by Gasteiger charge is 2.52. The highest BCUT2D eigenvalue weighted by atomic mass is 16.7. The molecule has 0 saturated carbocycles. The Morgan fingerprint density at radius 3 is 2.46 bits per heavy atom. The maximum absolute atomic E-state index is 12.7. The van der Waals surface area contributed by atoms with E-state index in [0.29, 0.717) is 17.9 Å². The molecular formula is C19H26BN3O3. The first-order valence-corrected chi connectivity index (χ1v) is 8.94. The molecule has 2 heterocycles. The van der Waals surface area contributed by atoms with Gasteiger partial charge in [0.1, 0.15) is 5.82 Å². The summed E-state index contributed by atoms with van der Waals surface area (Å²) in [5.41, 5.74) is 1.62. The van der Waals surface area contributed by atoms with Crippen molar-refractivity contribution in [2.75, 3.05) is 5.32 Å². The van der Waals surface area contributed by atoms with E-state index in [1.54, 1.807) is 16.9 Å². The Balaban J connectivity index is 1.85. The first-order valence-electron chi connectivity index (χ1n) is 8.94. The third kappa shape index (κ3) is 3.29. The van der Waals surface area contributed by atoms with E-state index in [2.05, 4.69) is 10.4 Å². The molecule has 6 nitrogen and oxygen atoms in total. The van der Waals surface area contributed by atoms with Crippen LogP contribution in [0.15, 0.2) is 30.5 Å². The summed E-state index contributed by atoms with van der Waals surface area (Å²) < 4.78 is 14.0. The zero-order valence-electron chi connectivity index (χ0n) is 16.3. The molecule has 3 rings (SSSR count). The van der Waals surface area contributed by atoms with Crippen LogP contribution in [0.2, 0.25) is 0 Å². The van der Waals surface area contributed by atoms with Gasteiger partial charge < -0.3 is 14.6 Å². The van der Waals surface area contributed by atoms with Gasteiger partial charge in [-0.3, -0.25) is 4.79 Å². The van der Waals surface area contributed by atoms with Gasteiger partial charge in [-0.15, -0.1) is 0 Å². The lowest BCUT2D eigenvalue weighted by molar-refractivity contribution is 0.00578. The molecule has 1 amide bonds. The zero-order valence-corrected chi connectivity index (χ0v) is 16.3. The average molecular weight is 355 g/mol. The van der Waals surface area contributed by atoms with Gasteiger partial charge in [0.25, 0.3) is 5.91 Å². The van der Waals surface area contributed by atoms with E-state index in [-0.39, 0.29) is 5.91 Å². The predicted octanol–water partition coefficient (Wildman–Crippen LogP) is 2.76. The maximum atomic E-state index is 12.7. The molecule has 1 aliphatic heterocycles. The number of anilines is 1. The summed E-state index contributed by atoms with van der Waals surface area (Å²) in [6.45, 7) is 12.7. The Bertz CT molecular complexity index is 813. The van der Waals surface area contributed by atoms with Gasteiger partial charge in [0.2, 0.25) is 0 Å². The first-order chi connectivity index (χ1) is 12.1. The fourth-order valence-corrected chi connectivity index (χ4v) is 2.89. The summed E-state index contributed by atoms with van der Waals surface area (Å²) in [7, 11) is -0.492. The maximum Gasteiger partial charge on any atom is 0.495 e. The van der Waals surface area contributed by atoms with Crippen LogP contribution >= 0.6 is 0 Å². The van der Waals surface area contributed by atoms with Gasteiger partial charge in [0, 0.05) is 18.2 Å². The number of hydrogen-bond donors (Lipinski definition) is 1. The van der Waals surface area contributed by atoms with Crippen LogP contribution in [0.25, 0.3) is 0 Å². The molecule has 0 bridgehead atoms. The summed E-state index contributed by atoms with van der Waals surface area (Å²) in [6.07, 6.45) is 1.67. The molecule has 1 aliphatic rings. The summed E-state index contributed by atoms with van der Waals surface area (Å²) in [4.78, 5) is 12.7. The molecule has 0 aliphatic carbocycles. The van der Waals surface area contributed by atoms with E-state index in [1.807, 2.05) is 59.7 Å². The second-order valence-electron chi connectivity index (χ2n) is 7.65. The molecule has 7 heteroatoms. The topological polar surface area (TPSA) is 65.4 Å². The molecule has 26 heavy (non-hydrogen) atoms. The van der Waals surface area contributed by atoms with Crippen molar-refractivity contribution in [3.63, 3.8) is 0 Å². The van der Waals surface area contributed by atoms with E-state index >= 15 is 0 Å². The van der Waals surface area contributed by atoms with Crippen molar-refractivity contribution in [2.45, 2.75) is 59.3 Å². The molecule has 138 valence electrons. The summed E-state index contributed by atoms with van der Waals surface area (Å²) in [6, 6.07) is 7.36. The molecule has 1 saturated heterocycles. The molecular weight excluding hydrogens is 329 g/mol. The molecule has 0 atom stereocenters. The zero-order chi connectivity index (χ0) is 19.1. The normalized spacial score (nSPS) is 18.2. The number of aromatic nitrogens is 2. The number of carbonyl (C=O) groups excluding carboxylic acids is 1. The van der Waals surface area contributed by atoms with Crippen molar-refractivity contribution in [1.29, 1.82) is 0 Å². The molecule has 1 aromatic heterocycles. The monoisotopic (exact) mass is 355 g/mol. The highest BCUT2D eigenvalue weighted by Crippen LogP contribution is 2.36. The summed E-state index contributed by atoms with van der Waals surface area (Å²) in [5.74, 6) is 0.494. The molecule has 1 fully saturated rings. The van der Waals surface area contributed by atoms with Crippen LogP contribution in [0, 0.1) is 6.92 Å². The SMILES string of the molecule is CCn1nccc1NC(=O)c1ccc(C)c(B2OC(C)(C)C(C)(C)O2)c1. The lowest BCUT2D eigenvalue weighted by Gasteiger charge is -2.32. The number of hydrogen-bond acceptors (Lipinski definition) is 4.